The van der Waals surface area contributed by atoms with Crippen molar-refractivity contribution >= 4 is 17.7 Å². The van der Waals surface area contributed by atoms with Gasteiger partial charge in [-0.1, -0.05) is 29.8 Å². The van der Waals surface area contributed by atoms with Crippen molar-refractivity contribution < 1.29 is 4.79 Å². The second kappa shape index (κ2) is 6.25. The van der Waals surface area contributed by atoms with Gasteiger partial charge in [-0.05, 0) is 19.4 Å². The molecule has 0 saturated carbocycles. The summed E-state index contributed by atoms with van der Waals surface area (Å²) in [5, 5.41) is 6.32. The lowest BCUT2D eigenvalue weighted by Gasteiger charge is -2.24. The maximum atomic E-state index is 12.1. The van der Waals surface area contributed by atoms with Crippen molar-refractivity contribution in [2.45, 2.75) is 25.9 Å². The fraction of sp³-hybridized carbons (Fsp3) is 0.500. The average molecular weight is 264 g/mol. The van der Waals surface area contributed by atoms with Crippen LogP contribution in [0.2, 0.25) is 0 Å². The van der Waals surface area contributed by atoms with Crippen LogP contribution >= 0.6 is 11.8 Å². The van der Waals surface area contributed by atoms with E-state index in [1.807, 2.05) is 18.7 Å². The van der Waals surface area contributed by atoms with Crippen LogP contribution in [0.4, 0.5) is 0 Å². The Kier molecular flexibility index (Phi) is 4.66. The normalized spacial score (nSPS) is 21.3. The number of carbonyl (C=O) groups excluding carboxylic acids is 1. The summed E-state index contributed by atoms with van der Waals surface area (Å²) in [6.07, 6.45) is 0. The summed E-state index contributed by atoms with van der Waals surface area (Å²) in [6.45, 7) is 5.01. The fourth-order valence-electron chi connectivity index (χ4n) is 1.99. The number of hydrogen-bond acceptors (Lipinski definition) is 3. The summed E-state index contributed by atoms with van der Waals surface area (Å²) >= 11 is 1.83. The van der Waals surface area contributed by atoms with E-state index in [1.54, 1.807) is 0 Å². The number of hydrogen-bond donors (Lipinski definition) is 2. The number of carbonyl (C=O) groups is 1. The molecular formula is C14H20N2OS. The first-order valence-electron chi connectivity index (χ1n) is 6.35. The molecule has 1 aromatic rings. The maximum absolute atomic E-state index is 12.1. The number of nitrogens with one attached hydrogen (secondary N) is 2. The molecule has 2 N–H and O–H groups in total. The molecule has 1 fully saturated rings. The van der Waals surface area contributed by atoms with E-state index >= 15 is 0 Å². The quantitative estimate of drug-likeness (QED) is 0.876. The van der Waals surface area contributed by atoms with Crippen LogP contribution in [0.25, 0.3) is 0 Å². The van der Waals surface area contributed by atoms with Gasteiger partial charge in [-0.2, -0.15) is 11.8 Å². The van der Waals surface area contributed by atoms with Gasteiger partial charge in [0, 0.05) is 18.1 Å². The van der Waals surface area contributed by atoms with Crippen molar-refractivity contribution in [2.75, 3.05) is 18.1 Å². The Morgan fingerprint density at radius 1 is 1.44 bits per heavy atom. The van der Waals surface area contributed by atoms with Gasteiger partial charge in [-0.3, -0.25) is 4.79 Å². The number of aryl methyl sites for hydroxylation is 1. The Labute approximate surface area is 113 Å². The molecule has 0 aliphatic carbocycles. The van der Waals surface area contributed by atoms with E-state index in [9.17, 15) is 4.79 Å². The highest BCUT2D eigenvalue weighted by molar-refractivity contribution is 7.99. The van der Waals surface area contributed by atoms with E-state index in [4.69, 9.17) is 0 Å². The van der Waals surface area contributed by atoms with Gasteiger partial charge in [0.15, 0.2) is 0 Å². The molecule has 0 aromatic heterocycles. The summed E-state index contributed by atoms with van der Waals surface area (Å²) in [5.74, 6) is 2.07. The van der Waals surface area contributed by atoms with Crippen LogP contribution in [0.1, 0.15) is 24.1 Å². The van der Waals surface area contributed by atoms with Crippen molar-refractivity contribution in [1.29, 1.82) is 0 Å². The predicted molar refractivity (Wildman–Crippen MR) is 76.9 cm³/mol. The highest BCUT2D eigenvalue weighted by atomic mass is 32.2. The van der Waals surface area contributed by atoms with E-state index in [0.29, 0.717) is 0 Å². The minimum atomic E-state index is -0.0448. The monoisotopic (exact) mass is 264 g/mol. The molecular weight excluding hydrogens is 244 g/mol. The van der Waals surface area contributed by atoms with Gasteiger partial charge in [-0.25, -0.2) is 0 Å². The third-order valence-electron chi connectivity index (χ3n) is 3.17. The molecule has 0 bridgehead atoms. The number of thioether (sulfide) groups is 1. The van der Waals surface area contributed by atoms with Crippen molar-refractivity contribution in [2.24, 2.45) is 0 Å². The second-order valence-corrected chi connectivity index (χ2v) is 5.87. The number of amides is 1. The predicted octanol–water partition coefficient (Wildman–Crippen LogP) is 1.88. The van der Waals surface area contributed by atoms with Crippen LogP contribution in [0.5, 0.6) is 0 Å². The first-order chi connectivity index (χ1) is 8.66. The zero-order valence-electron chi connectivity index (χ0n) is 10.9. The van der Waals surface area contributed by atoms with Gasteiger partial charge in [0.1, 0.15) is 0 Å². The Bertz CT molecular complexity index is 399. The molecule has 98 valence electrons. The Morgan fingerprint density at radius 3 is 2.78 bits per heavy atom. The summed E-state index contributed by atoms with van der Waals surface area (Å²) in [4.78, 5) is 12.1. The molecule has 3 nitrogen and oxygen atoms in total. The topological polar surface area (TPSA) is 41.1 Å². The standard InChI is InChI=1S/C14H20N2OS/c1-10-3-5-12(6-4-10)11(2)16-14(17)13-9-18-8-7-15-13/h3-6,11,13,15H,7-9H2,1-2H3,(H,16,17)/t11-,13?/m0/s1. The summed E-state index contributed by atoms with van der Waals surface area (Å²) < 4.78 is 0. The van der Waals surface area contributed by atoms with E-state index < -0.39 is 0 Å². The third kappa shape index (κ3) is 3.50. The van der Waals surface area contributed by atoms with Crippen molar-refractivity contribution in [3.63, 3.8) is 0 Å². The van der Waals surface area contributed by atoms with Crippen LogP contribution < -0.4 is 10.6 Å². The smallest absolute Gasteiger partial charge is 0.238 e. The van der Waals surface area contributed by atoms with Crippen molar-refractivity contribution in [1.82, 2.24) is 10.6 Å². The minimum absolute atomic E-state index is 0.0448. The zero-order valence-corrected chi connectivity index (χ0v) is 11.7. The van der Waals surface area contributed by atoms with Gasteiger partial charge >= 0.3 is 0 Å². The van der Waals surface area contributed by atoms with E-state index in [2.05, 4.69) is 41.8 Å². The third-order valence-corrected chi connectivity index (χ3v) is 4.24. The lowest BCUT2D eigenvalue weighted by Crippen LogP contribution is -2.49. The molecule has 2 rings (SSSR count). The van der Waals surface area contributed by atoms with E-state index in [0.717, 1.165) is 23.6 Å². The lowest BCUT2D eigenvalue weighted by atomic mass is 10.1. The highest BCUT2D eigenvalue weighted by Gasteiger charge is 2.22. The lowest BCUT2D eigenvalue weighted by molar-refractivity contribution is -0.123. The Hall–Kier alpha value is -1.00. The molecule has 1 aromatic carbocycles. The minimum Gasteiger partial charge on any atom is -0.348 e. The average Bonchev–Trinajstić information content (AvgIpc) is 2.40. The van der Waals surface area contributed by atoms with Crippen LogP contribution in [0.3, 0.4) is 0 Å². The van der Waals surface area contributed by atoms with Gasteiger partial charge in [0.05, 0.1) is 12.1 Å². The molecule has 0 radical (unpaired) electrons. The molecule has 1 heterocycles. The Balaban J connectivity index is 1.91. The first kappa shape index (κ1) is 13.4. The van der Waals surface area contributed by atoms with Crippen LogP contribution in [-0.4, -0.2) is 30.0 Å². The highest BCUT2D eigenvalue weighted by Crippen LogP contribution is 2.14. The fourth-order valence-corrected chi connectivity index (χ4v) is 2.92. The van der Waals surface area contributed by atoms with Crippen molar-refractivity contribution in [3.8, 4) is 0 Å². The van der Waals surface area contributed by atoms with Gasteiger partial charge in [0.2, 0.25) is 5.91 Å². The zero-order chi connectivity index (χ0) is 13.0. The summed E-state index contributed by atoms with van der Waals surface area (Å²) in [6, 6.07) is 8.31. The molecule has 1 aliphatic rings. The SMILES string of the molecule is Cc1ccc([C@H](C)NC(=O)C2CSCCN2)cc1. The largest absolute Gasteiger partial charge is 0.348 e. The van der Waals surface area contributed by atoms with Crippen LogP contribution in [0, 0.1) is 6.92 Å². The van der Waals surface area contributed by atoms with Gasteiger partial charge in [0.25, 0.3) is 0 Å². The number of benzene rings is 1. The molecule has 0 spiro atoms. The summed E-state index contributed by atoms with van der Waals surface area (Å²) in [5.41, 5.74) is 2.39. The molecule has 1 saturated heterocycles. The molecule has 2 atom stereocenters. The summed E-state index contributed by atoms with van der Waals surface area (Å²) in [7, 11) is 0. The molecule has 4 heteroatoms. The molecule has 1 unspecified atom stereocenters. The first-order valence-corrected chi connectivity index (χ1v) is 7.50. The van der Waals surface area contributed by atoms with Gasteiger partial charge < -0.3 is 10.6 Å². The van der Waals surface area contributed by atoms with E-state index in [1.165, 1.54) is 5.56 Å². The van der Waals surface area contributed by atoms with Gasteiger partial charge in [-0.15, -0.1) is 0 Å². The molecule has 18 heavy (non-hydrogen) atoms. The number of rotatable bonds is 3. The van der Waals surface area contributed by atoms with Crippen LogP contribution in [-0.2, 0) is 4.79 Å². The second-order valence-electron chi connectivity index (χ2n) is 4.72. The molecule has 1 amide bonds. The Morgan fingerprint density at radius 2 is 2.17 bits per heavy atom. The van der Waals surface area contributed by atoms with Crippen LogP contribution in [0.15, 0.2) is 24.3 Å². The maximum Gasteiger partial charge on any atom is 0.238 e. The van der Waals surface area contributed by atoms with E-state index in [-0.39, 0.29) is 18.0 Å². The molecule has 1 aliphatic heterocycles. The van der Waals surface area contributed by atoms with Crippen molar-refractivity contribution in [3.05, 3.63) is 35.4 Å².